The van der Waals surface area contributed by atoms with Crippen LogP contribution in [0.1, 0.15) is 31.9 Å². The minimum atomic E-state index is -1.57. The van der Waals surface area contributed by atoms with Crippen molar-refractivity contribution < 1.29 is 34.7 Å². The van der Waals surface area contributed by atoms with Crippen molar-refractivity contribution in [2.75, 3.05) is 14.2 Å². The van der Waals surface area contributed by atoms with Crippen molar-refractivity contribution >= 4 is 17.8 Å². The fourth-order valence-corrected chi connectivity index (χ4v) is 4.67. The highest BCUT2D eigenvalue weighted by molar-refractivity contribution is 6.08. The van der Waals surface area contributed by atoms with E-state index in [2.05, 4.69) is 0 Å². The topological polar surface area (TPSA) is 124 Å². The fourth-order valence-electron chi connectivity index (χ4n) is 4.67. The maximum absolute atomic E-state index is 12.8. The number of methoxy groups -OCH3 is 1. The summed E-state index contributed by atoms with van der Waals surface area (Å²) in [4.78, 5) is 38.8. The van der Waals surface area contributed by atoms with Gasteiger partial charge in [-0.2, -0.15) is 0 Å². The number of para-hydroxylation sites is 1. The number of phenols is 1. The average molecular weight is 376 g/mol. The van der Waals surface area contributed by atoms with E-state index in [-0.39, 0.29) is 23.8 Å². The number of rotatable bonds is 5. The number of aliphatic carboxylic acids is 1. The zero-order chi connectivity index (χ0) is 20.1. The zero-order valence-electron chi connectivity index (χ0n) is 15.8. The lowest BCUT2D eigenvalue weighted by Crippen LogP contribution is -2.99. The number of nitrogens with two attached hydrogens (primary N) is 1. The van der Waals surface area contributed by atoms with Gasteiger partial charge in [-0.05, 0) is 18.1 Å². The minimum Gasteiger partial charge on any atom is -0.544 e. The summed E-state index contributed by atoms with van der Waals surface area (Å²) < 4.78 is 5.13. The molecule has 4 atom stereocenters. The quantitative estimate of drug-likeness (QED) is 0.621. The van der Waals surface area contributed by atoms with Crippen LogP contribution in [-0.4, -0.2) is 47.5 Å². The van der Waals surface area contributed by atoms with Crippen LogP contribution in [0.3, 0.4) is 0 Å². The Labute approximate surface area is 157 Å². The molecular formula is C19H24N2O6. The summed E-state index contributed by atoms with van der Waals surface area (Å²) in [6.45, 7) is 3.71. The predicted molar refractivity (Wildman–Crippen MR) is 91.3 cm³/mol. The van der Waals surface area contributed by atoms with Gasteiger partial charge in [0.1, 0.15) is 29.4 Å². The van der Waals surface area contributed by atoms with E-state index in [1.165, 1.54) is 19.5 Å². The monoisotopic (exact) mass is 376 g/mol. The highest BCUT2D eigenvalue weighted by Crippen LogP contribution is 2.48. The third kappa shape index (κ3) is 2.66. The normalized spacial score (nSPS) is 30.1. The molecule has 0 spiro atoms. The molecule has 3 rings (SSSR count). The van der Waals surface area contributed by atoms with E-state index >= 15 is 0 Å². The summed E-state index contributed by atoms with van der Waals surface area (Å²) in [6.07, 6.45) is 0.171. The molecule has 0 unspecified atom stereocenters. The number of likely N-dealkylation sites (tertiary alicyclic amines) is 1. The summed E-state index contributed by atoms with van der Waals surface area (Å²) in [5, 5.41) is 24.3. The van der Waals surface area contributed by atoms with Crippen LogP contribution in [0.4, 0.5) is 0 Å². The van der Waals surface area contributed by atoms with Gasteiger partial charge in [0.25, 0.3) is 0 Å². The number of imide groups is 1. The lowest BCUT2D eigenvalue weighted by Gasteiger charge is -2.33. The fraction of sp³-hybridized carbons (Fsp3) is 0.526. The Hall–Kier alpha value is -2.61. The van der Waals surface area contributed by atoms with Gasteiger partial charge in [0.15, 0.2) is 11.5 Å². The molecule has 8 nitrogen and oxygen atoms in total. The first kappa shape index (κ1) is 19.2. The number of nitrogens with zero attached hydrogens (tertiary/aromatic N) is 1. The van der Waals surface area contributed by atoms with Crippen LogP contribution in [-0.2, 0) is 14.4 Å². The van der Waals surface area contributed by atoms with E-state index in [1.807, 2.05) is 13.8 Å². The zero-order valence-corrected chi connectivity index (χ0v) is 15.8. The average Bonchev–Trinajstić information content (AvgIpc) is 3.05. The standard InChI is InChI=1S/C19H24N2O6/c1-9(2)8-19(18(25)26)13-12(16(23)21(3)17(13)24)14(20-19)10-6-5-7-11(27-4)15(10)22/h5-7,9,12-14,20,22H,8H2,1-4H3,(H,25,26)/t12-,13+,14-,19-/m0/s1. The number of phenolic OH excluding ortho intramolecular Hbond substituents is 1. The molecule has 2 saturated heterocycles. The molecule has 2 amide bonds. The second-order valence-electron chi connectivity index (χ2n) is 7.76. The Balaban J connectivity index is 2.18. The Morgan fingerprint density at radius 2 is 2.04 bits per heavy atom. The molecule has 2 heterocycles. The highest BCUT2D eigenvalue weighted by Gasteiger charge is 2.69. The first-order valence-electron chi connectivity index (χ1n) is 8.90. The summed E-state index contributed by atoms with van der Waals surface area (Å²) in [7, 11) is 2.77. The summed E-state index contributed by atoms with van der Waals surface area (Å²) >= 11 is 0. The number of carboxylic acid groups (broad SMARTS) is 1. The molecule has 2 fully saturated rings. The van der Waals surface area contributed by atoms with Crippen molar-refractivity contribution in [1.82, 2.24) is 4.90 Å². The Bertz CT molecular complexity index is 807. The van der Waals surface area contributed by atoms with Gasteiger partial charge in [0.05, 0.1) is 12.7 Å². The number of carbonyl (C=O) groups is 3. The Morgan fingerprint density at radius 3 is 2.59 bits per heavy atom. The summed E-state index contributed by atoms with van der Waals surface area (Å²) in [5.74, 6) is -4.24. The predicted octanol–water partition coefficient (Wildman–Crippen LogP) is -1.22. The van der Waals surface area contributed by atoms with Crippen LogP contribution in [0.25, 0.3) is 0 Å². The molecule has 146 valence electrons. The van der Waals surface area contributed by atoms with E-state index in [0.29, 0.717) is 5.56 Å². The van der Waals surface area contributed by atoms with Crippen molar-refractivity contribution in [3.05, 3.63) is 23.8 Å². The van der Waals surface area contributed by atoms with Gasteiger partial charge in [0, 0.05) is 13.5 Å². The lowest BCUT2D eigenvalue weighted by molar-refractivity contribution is -0.740. The van der Waals surface area contributed by atoms with E-state index in [1.54, 1.807) is 18.2 Å². The number of carbonyl (C=O) groups excluding carboxylic acids is 3. The third-order valence-electron chi connectivity index (χ3n) is 5.73. The van der Waals surface area contributed by atoms with Crippen LogP contribution in [0.15, 0.2) is 18.2 Å². The van der Waals surface area contributed by atoms with E-state index < -0.39 is 41.2 Å². The molecular weight excluding hydrogens is 352 g/mol. The maximum atomic E-state index is 12.8. The van der Waals surface area contributed by atoms with Crippen LogP contribution < -0.4 is 15.2 Å². The van der Waals surface area contributed by atoms with Crippen LogP contribution in [0.5, 0.6) is 11.5 Å². The smallest absolute Gasteiger partial charge is 0.239 e. The van der Waals surface area contributed by atoms with Crippen molar-refractivity contribution in [1.29, 1.82) is 0 Å². The number of carboxylic acids is 1. The minimum absolute atomic E-state index is 0.0359. The van der Waals surface area contributed by atoms with E-state index in [9.17, 15) is 24.6 Å². The number of hydrogen-bond donors (Lipinski definition) is 2. The number of ether oxygens (including phenoxy) is 1. The van der Waals surface area contributed by atoms with Crippen molar-refractivity contribution in [2.45, 2.75) is 31.8 Å². The molecule has 2 aliphatic rings. The molecule has 0 radical (unpaired) electrons. The Morgan fingerprint density at radius 1 is 1.37 bits per heavy atom. The van der Waals surface area contributed by atoms with Gasteiger partial charge in [-0.15, -0.1) is 0 Å². The lowest BCUT2D eigenvalue weighted by atomic mass is 9.75. The number of fused-ring (bicyclic) bond motifs is 1. The molecule has 0 saturated carbocycles. The first-order valence-corrected chi connectivity index (χ1v) is 8.90. The van der Waals surface area contributed by atoms with Gasteiger partial charge in [-0.25, -0.2) is 0 Å². The van der Waals surface area contributed by atoms with Gasteiger partial charge < -0.3 is 25.1 Å². The van der Waals surface area contributed by atoms with Gasteiger partial charge in [0.2, 0.25) is 11.8 Å². The molecule has 2 aliphatic heterocycles. The third-order valence-corrected chi connectivity index (χ3v) is 5.73. The van der Waals surface area contributed by atoms with Crippen molar-refractivity contribution in [3.63, 3.8) is 0 Å². The number of quaternary nitrogens is 1. The molecule has 8 heteroatoms. The Kier molecular flexibility index (Phi) is 4.63. The van der Waals surface area contributed by atoms with Crippen LogP contribution in [0, 0.1) is 17.8 Å². The number of aromatic hydroxyl groups is 1. The molecule has 0 bridgehead atoms. The molecule has 0 aliphatic carbocycles. The molecule has 1 aromatic rings. The van der Waals surface area contributed by atoms with Crippen molar-refractivity contribution in [2.24, 2.45) is 17.8 Å². The molecule has 3 N–H and O–H groups in total. The van der Waals surface area contributed by atoms with Gasteiger partial charge in [-0.3, -0.25) is 14.5 Å². The van der Waals surface area contributed by atoms with Crippen molar-refractivity contribution in [3.8, 4) is 11.5 Å². The molecule has 0 aromatic heterocycles. The second kappa shape index (κ2) is 6.53. The SMILES string of the molecule is COc1cccc([C@@H]2[NH2+][C@](CC(C)C)(C(=O)[O-])[C@H]3C(=O)N(C)C(=O)[C@H]23)c1O. The maximum Gasteiger partial charge on any atom is 0.239 e. The van der Waals surface area contributed by atoms with Crippen LogP contribution >= 0.6 is 0 Å². The largest absolute Gasteiger partial charge is 0.544 e. The molecule has 27 heavy (non-hydrogen) atoms. The first-order chi connectivity index (χ1) is 12.7. The van der Waals surface area contributed by atoms with Gasteiger partial charge >= 0.3 is 0 Å². The second-order valence-corrected chi connectivity index (χ2v) is 7.76. The number of hydrogen-bond acceptors (Lipinski definition) is 6. The molecule has 1 aromatic carbocycles. The highest BCUT2D eigenvalue weighted by atomic mass is 16.5. The summed E-state index contributed by atoms with van der Waals surface area (Å²) in [5.41, 5.74) is -1.20. The summed E-state index contributed by atoms with van der Waals surface area (Å²) in [6, 6.07) is 4.11. The van der Waals surface area contributed by atoms with E-state index in [0.717, 1.165) is 4.90 Å². The van der Waals surface area contributed by atoms with Crippen LogP contribution in [0.2, 0.25) is 0 Å². The van der Waals surface area contributed by atoms with Gasteiger partial charge in [-0.1, -0.05) is 19.9 Å². The van der Waals surface area contributed by atoms with E-state index in [4.69, 9.17) is 4.74 Å². The number of amides is 2. The number of benzene rings is 1.